The first kappa shape index (κ1) is 17.4. The number of phenols is 1. The highest BCUT2D eigenvalue weighted by Crippen LogP contribution is 2.38. The van der Waals surface area contributed by atoms with E-state index in [4.69, 9.17) is 0 Å². The van der Waals surface area contributed by atoms with Crippen molar-refractivity contribution in [3.63, 3.8) is 0 Å². The number of hydrazone groups is 1. The summed E-state index contributed by atoms with van der Waals surface area (Å²) in [5.74, 6) is 0.348. The van der Waals surface area contributed by atoms with Crippen molar-refractivity contribution in [3.8, 4) is 5.75 Å². The van der Waals surface area contributed by atoms with E-state index in [0.29, 0.717) is 25.7 Å². The number of phenolic OH excluding ortho intramolecular Hbond substituents is 1. The Bertz CT molecular complexity index is 1170. The Balaban J connectivity index is 1.63. The number of nitrogens with zero attached hydrogens (tertiary/aromatic N) is 4. The van der Waals surface area contributed by atoms with Crippen LogP contribution in [0.4, 0.5) is 5.95 Å². The third-order valence-electron chi connectivity index (χ3n) is 3.66. The third-order valence-corrected chi connectivity index (χ3v) is 5.72. The van der Waals surface area contributed by atoms with Crippen molar-refractivity contribution in [2.75, 3.05) is 5.43 Å². The lowest BCUT2D eigenvalue weighted by Crippen LogP contribution is -1.99. The Hall–Kier alpha value is -2.04. The summed E-state index contributed by atoms with van der Waals surface area (Å²) in [7, 11) is 0. The van der Waals surface area contributed by atoms with Crippen molar-refractivity contribution >= 4 is 82.0 Å². The molecule has 0 spiro atoms. The second kappa shape index (κ2) is 6.93. The lowest BCUT2D eigenvalue weighted by molar-refractivity contribution is 0.468. The molecule has 0 fully saturated rings. The van der Waals surface area contributed by atoms with Gasteiger partial charge in [-0.1, -0.05) is 34.1 Å². The van der Waals surface area contributed by atoms with E-state index in [0.717, 1.165) is 15.4 Å². The minimum Gasteiger partial charge on any atom is -0.506 e. The predicted molar refractivity (Wildman–Crippen MR) is 112 cm³/mol. The van der Waals surface area contributed by atoms with Crippen LogP contribution in [0.15, 0.2) is 48.9 Å². The van der Waals surface area contributed by atoms with E-state index in [1.807, 2.05) is 24.3 Å². The average Bonchev–Trinajstić information content (AvgIpc) is 3.00. The molecule has 10 heteroatoms. The molecule has 0 amide bonds. The van der Waals surface area contributed by atoms with Gasteiger partial charge in [0.15, 0.2) is 5.65 Å². The molecule has 0 saturated heterocycles. The van der Waals surface area contributed by atoms with Crippen LogP contribution >= 0.6 is 47.8 Å². The Morgan fingerprint density at radius 1 is 1.12 bits per heavy atom. The molecule has 0 radical (unpaired) electrons. The molecule has 26 heavy (non-hydrogen) atoms. The number of para-hydroxylation sites is 1. The Morgan fingerprint density at radius 3 is 2.77 bits per heavy atom. The Morgan fingerprint density at radius 2 is 1.92 bits per heavy atom. The fourth-order valence-corrected chi connectivity index (χ4v) is 4.76. The summed E-state index contributed by atoms with van der Waals surface area (Å²) in [6.45, 7) is 0. The van der Waals surface area contributed by atoms with Gasteiger partial charge in [-0.15, -0.1) is 10.2 Å². The van der Waals surface area contributed by atoms with Gasteiger partial charge in [0.05, 0.1) is 15.2 Å². The summed E-state index contributed by atoms with van der Waals surface area (Å²) in [6, 6.07) is 9.54. The molecule has 0 saturated carbocycles. The monoisotopic (exact) mass is 538 g/mol. The van der Waals surface area contributed by atoms with Crippen LogP contribution in [0.1, 0.15) is 5.56 Å². The zero-order valence-corrected chi connectivity index (χ0v) is 17.6. The highest BCUT2D eigenvalue weighted by molar-refractivity contribution is 9.11. The van der Waals surface area contributed by atoms with E-state index in [9.17, 15) is 5.11 Å². The van der Waals surface area contributed by atoms with Gasteiger partial charge in [0.2, 0.25) is 0 Å². The van der Waals surface area contributed by atoms with Crippen LogP contribution in [0, 0.1) is 0 Å². The number of aromatic hydroxyl groups is 1. The van der Waals surface area contributed by atoms with Gasteiger partial charge in [0.1, 0.15) is 11.3 Å². The number of hydrogen-bond donors (Lipinski definition) is 3. The molecule has 2 heterocycles. The predicted octanol–water partition coefficient (Wildman–Crippen LogP) is 4.95. The van der Waals surface area contributed by atoms with E-state index in [2.05, 4.69) is 78.5 Å². The van der Waals surface area contributed by atoms with Crippen LogP contribution in [0.25, 0.3) is 22.1 Å². The number of H-pyrrole nitrogens is 1. The number of aromatic nitrogens is 4. The first-order chi connectivity index (χ1) is 12.5. The van der Waals surface area contributed by atoms with Crippen LogP contribution in [0.2, 0.25) is 0 Å². The topological polar surface area (TPSA) is 99.1 Å². The Labute approximate surface area is 172 Å². The van der Waals surface area contributed by atoms with Crippen molar-refractivity contribution in [1.82, 2.24) is 20.2 Å². The van der Waals surface area contributed by atoms with Crippen molar-refractivity contribution in [3.05, 3.63) is 49.3 Å². The number of nitrogens with one attached hydrogen (secondary N) is 2. The van der Waals surface area contributed by atoms with E-state index in [1.54, 1.807) is 12.3 Å². The van der Waals surface area contributed by atoms with Gasteiger partial charge in [-0.25, -0.2) is 5.43 Å². The maximum absolute atomic E-state index is 9.98. The number of hydrogen-bond acceptors (Lipinski definition) is 6. The summed E-state index contributed by atoms with van der Waals surface area (Å²) in [6.07, 6.45) is 1.54. The molecular formula is C16H9Br3N6O. The third kappa shape index (κ3) is 3.08. The minimum absolute atomic E-state index is 0.0899. The van der Waals surface area contributed by atoms with Crippen molar-refractivity contribution in [2.45, 2.75) is 0 Å². The van der Waals surface area contributed by atoms with Gasteiger partial charge in [-0.2, -0.15) is 10.1 Å². The molecule has 130 valence electrons. The van der Waals surface area contributed by atoms with Crippen molar-refractivity contribution in [2.24, 2.45) is 5.10 Å². The van der Waals surface area contributed by atoms with Crippen LogP contribution in [-0.2, 0) is 0 Å². The SMILES string of the molecule is Oc1c(Br)cc(Br)c(C=NNc2nnc3c(n2)[nH]c2ccccc23)c1Br. The smallest absolute Gasteiger partial charge is 0.265 e. The zero-order chi connectivity index (χ0) is 18.3. The number of anilines is 1. The fourth-order valence-electron chi connectivity index (χ4n) is 2.44. The second-order valence-corrected chi connectivity index (χ2v) is 7.79. The molecule has 7 nitrogen and oxygen atoms in total. The molecule has 0 aliphatic rings. The summed E-state index contributed by atoms with van der Waals surface area (Å²) >= 11 is 10.0. The van der Waals surface area contributed by atoms with Gasteiger partial charge in [-0.3, -0.25) is 0 Å². The lowest BCUT2D eigenvalue weighted by Gasteiger charge is -2.06. The molecule has 0 aliphatic heterocycles. The lowest BCUT2D eigenvalue weighted by atomic mass is 10.2. The van der Waals surface area contributed by atoms with Gasteiger partial charge in [0.25, 0.3) is 5.95 Å². The molecule has 0 aliphatic carbocycles. The number of fused-ring (bicyclic) bond motifs is 3. The number of rotatable bonds is 3. The van der Waals surface area contributed by atoms with Gasteiger partial charge < -0.3 is 10.1 Å². The Kier molecular flexibility index (Phi) is 4.63. The highest BCUT2D eigenvalue weighted by Gasteiger charge is 2.12. The van der Waals surface area contributed by atoms with Gasteiger partial charge in [-0.05, 0) is 44.0 Å². The molecular weight excluding hydrogens is 532 g/mol. The number of aromatic amines is 1. The molecule has 2 aromatic heterocycles. The van der Waals surface area contributed by atoms with Crippen LogP contribution in [-0.4, -0.2) is 31.5 Å². The maximum Gasteiger partial charge on any atom is 0.265 e. The number of benzene rings is 2. The van der Waals surface area contributed by atoms with Crippen LogP contribution in [0.3, 0.4) is 0 Å². The molecule has 2 aromatic carbocycles. The fraction of sp³-hybridized carbons (Fsp3) is 0. The standard InChI is InChI=1S/C16H9Br3N6O/c17-9-5-10(18)14(26)12(19)8(9)6-20-24-16-22-15-13(23-25-16)7-3-1-2-4-11(7)21-15/h1-6,26H,(H2,21,22,24,25). The summed E-state index contributed by atoms with van der Waals surface area (Å²) in [5.41, 5.74) is 5.69. The largest absolute Gasteiger partial charge is 0.506 e. The molecule has 0 atom stereocenters. The molecule has 3 N–H and O–H groups in total. The summed E-state index contributed by atoms with van der Waals surface area (Å²) in [5, 5.41) is 23.3. The van der Waals surface area contributed by atoms with E-state index in [-0.39, 0.29) is 11.7 Å². The average molecular weight is 541 g/mol. The van der Waals surface area contributed by atoms with Crippen molar-refractivity contribution < 1.29 is 5.11 Å². The zero-order valence-electron chi connectivity index (χ0n) is 12.8. The quantitative estimate of drug-likeness (QED) is 0.252. The second-order valence-electron chi connectivity index (χ2n) is 5.29. The van der Waals surface area contributed by atoms with Crippen LogP contribution in [0.5, 0.6) is 5.75 Å². The highest BCUT2D eigenvalue weighted by atomic mass is 79.9. The van der Waals surface area contributed by atoms with Crippen molar-refractivity contribution in [1.29, 1.82) is 0 Å². The van der Waals surface area contributed by atoms with E-state index < -0.39 is 0 Å². The van der Waals surface area contributed by atoms with E-state index >= 15 is 0 Å². The molecule has 4 rings (SSSR count). The number of halogens is 3. The van der Waals surface area contributed by atoms with Gasteiger partial charge in [0, 0.05) is 20.9 Å². The first-order valence-corrected chi connectivity index (χ1v) is 9.69. The van der Waals surface area contributed by atoms with Gasteiger partial charge >= 0.3 is 0 Å². The first-order valence-electron chi connectivity index (χ1n) is 7.31. The molecule has 0 unspecified atom stereocenters. The van der Waals surface area contributed by atoms with Crippen LogP contribution < -0.4 is 5.43 Å². The minimum atomic E-state index is 0.0899. The normalized spacial score (nSPS) is 11.7. The van der Waals surface area contributed by atoms with E-state index in [1.165, 1.54) is 0 Å². The molecule has 4 aromatic rings. The molecule has 0 bridgehead atoms. The summed E-state index contributed by atoms with van der Waals surface area (Å²) < 4.78 is 1.83. The maximum atomic E-state index is 9.98. The summed E-state index contributed by atoms with van der Waals surface area (Å²) in [4.78, 5) is 7.59.